The van der Waals surface area contributed by atoms with Crippen molar-refractivity contribution in [2.75, 3.05) is 24.2 Å². The van der Waals surface area contributed by atoms with Gasteiger partial charge in [-0.15, -0.1) is 0 Å². The van der Waals surface area contributed by atoms with Crippen LogP contribution in [-0.2, 0) is 14.6 Å². The van der Waals surface area contributed by atoms with Crippen LogP contribution in [0.3, 0.4) is 0 Å². The Kier molecular flexibility index (Phi) is 5.82. The van der Waals surface area contributed by atoms with Crippen molar-refractivity contribution in [2.45, 2.75) is 25.2 Å². The molecule has 0 heterocycles. The van der Waals surface area contributed by atoms with E-state index in [1.165, 1.54) is 6.92 Å². The van der Waals surface area contributed by atoms with E-state index in [4.69, 9.17) is 0 Å². The molecule has 0 fully saturated rings. The van der Waals surface area contributed by atoms with Crippen LogP contribution in [0.5, 0.6) is 0 Å². The van der Waals surface area contributed by atoms with Gasteiger partial charge in [0.2, 0.25) is 5.91 Å². The van der Waals surface area contributed by atoms with Crippen LogP contribution in [-0.4, -0.2) is 33.2 Å². The normalized spacial score (nSPS) is 11.1. The second kappa shape index (κ2) is 7.13. The molecule has 6 heteroatoms. The number of amides is 1. The van der Waals surface area contributed by atoms with Gasteiger partial charge in [0.1, 0.15) is 0 Å². The summed E-state index contributed by atoms with van der Waals surface area (Å²) in [5, 5.41) is 5.77. The van der Waals surface area contributed by atoms with E-state index < -0.39 is 9.84 Å². The third-order valence-corrected chi connectivity index (χ3v) is 4.45. The Morgan fingerprint density at radius 1 is 1.16 bits per heavy atom. The number of anilines is 1. The topological polar surface area (TPSA) is 75.3 Å². The summed E-state index contributed by atoms with van der Waals surface area (Å²) in [4.78, 5) is 11.0. The maximum Gasteiger partial charge on any atom is 0.216 e. The van der Waals surface area contributed by atoms with Gasteiger partial charge in [0, 0.05) is 25.7 Å². The van der Waals surface area contributed by atoms with Gasteiger partial charge in [0.05, 0.1) is 10.6 Å². The molecule has 0 atom stereocenters. The van der Waals surface area contributed by atoms with Crippen molar-refractivity contribution in [3.8, 4) is 0 Å². The zero-order chi connectivity index (χ0) is 14.3. The number of carbonyl (C=O) groups excluding carboxylic acids is 1. The molecule has 19 heavy (non-hydrogen) atoms. The van der Waals surface area contributed by atoms with Gasteiger partial charge in [-0.05, 0) is 30.7 Å². The quantitative estimate of drug-likeness (QED) is 0.743. The number of nitrogens with one attached hydrogen (secondary N) is 2. The summed E-state index contributed by atoms with van der Waals surface area (Å²) in [6, 6.07) is 6.67. The summed E-state index contributed by atoms with van der Waals surface area (Å²) in [7, 11) is -3.15. The van der Waals surface area contributed by atoms with E-state index in [1.54, 1.807) is 24.3 Å². The molecule has 2 N–H and O–H groups in total. The van der Waals surface area contributed by atoms with Crippen LogP contribution in [0.1, 0.15) is 20.3 Å². The molecular formula is C13H20N2O3S. The van der Waals surface area contributed by atoms with E-state index in [1.807, 2.05) is 6.92 Å². The van der Waals surface area contributed by atoms with Gasteiger partial charge in [0.15, 0.2) is 9.84 Å². The Morgan fingerprint density at radius 3 is 2.32 bits per heavy atom. The summed E-state index contributed by atoms with van der Waals surface area (Å²) in [5.41, 5.74) is 0.834. The van der Waals surface area contributed by atoms with Crippen LogP contribution in [0.4, 0.5) is 5.69 Å². The highest BCUT2D eigenvalue weighted by Crippen LogP contribution is 2.15. The van der Waals surface area contributed by atoms with E-state index in [9.17, 15) is 13.2 Å². The van der Waals surface area contributed by atoms with E-state index >= 15 is 0 Å². The Hall–Kier alpha value is -1.56. The summed E-state index contributed by atoms with van der Waals surface area (Å²) in [5.74, 6) is 0.102. The Bertz CT molecular complexity index is 509. The molecule has 0 aliphatic rings. The van der Waals surface area contributed by atoms with Gasteiger partial charge in [-0.25, -0.2) is 8.42 Å². The first-order valence-electron chi connectivity index (χ1n) is 6.27. The highest BCUT2D eigenvalue weighted by molar-refractivity contribution is 7.91. The first-order chi connectivity index (χ1) is 8.95. The number of hydrogen-bond donors (Lipinski definition) is 2. The third-order valence-electron chi connectivity index (χ3n) is 2.51. The predicted molar refractivity (Wildman–Crippen MR) is 76.0 cm³/mol. The lowest BCUT2D eigenvalue weighted by Crippen LogP contribution is -2.26. The van der Waals surface area contributed by atoms with Gasteiger partial charge >= 0.3 is 0 Å². The number of sulfone groups is 1. The predicted octanol–water partition coefficient (Wildman–Crippen LogP) is 1.42. The van der Waals surface area contributed by atoms with Crippen molar-refractivity contribution >= 4 is 21.4 Å². The molecule has 0 aliphatic heterocycles. The Labute approximate surface area is 114 Å². The molecule has 106 valence electrons. The molecule has 0 aliphatic carbocycles. The van der Waals surface area contributed by atoms with Crippen molar-refractivity contribution in [3.05, 3.63) is 24.3 Å². The number of carbonyl (C=O) groups is 1. The maximum absolute atomic E-state index is 11.8. The third kappa shape index (κ3) is 5.30. The fourth-order valence-corrected chi connectivity index (χ4v) is 2.94. The van der Waals surface area contributed by atoms with Gasteiger partial charge in [-0.1, -0.05) is 6.92 Å². The molecule has 1 aromatic carbocycles. The summed E-state index contributed by atoms with van der Waals surface area (Å²) < 4.78 is 23.6. The SMILES string of the molecule is CCCS(=O)(=O)c1ccc(NCCNC(C)=O)cc1. The van der Waals surface area contributed by atoms with Crippen molar-refractivity contribution in [1.82, 2.24) is 5.32 Å². The first kappa shape index (κ1) is 15.5. The van der Waals surface area contributed by atoms with E-state index in [0.29, 0.717) is 24.4 Å². The molecule has 0 spiro atoms. The number of benzene rings is 1. The van der Waals surface area contributed by atoms with Crippen LogP contribution < -0.4 is 10.6 Å². The lowest BCUT2D eigenvalue weighted by atomic mass is 10.3. The Morgan fingerprint density at radius 2 is 1.79 bits per heavy atom. The minimum absolute atomic E-state index is 0.0668. The maximum atomic E-state index is 11.8. The van der Waals surface area contributed by atoms with Crippen LogP contribution in [0, 0.1) is 0 Å². The molecule has 0 saturated heterocycles. The molecular weight excluding hydrogens is 264 g/mol. The van der Waals surface area contributed by atoms with Gasteiger partial charge in [-0.2, -0.15) is 0 Å². The summed E-state index contributed by atoms with van der Waals surface area (Å²) in [6.45, 7) is 4.44. The second-order valence-electron chi connectivity index (χ2n) is 4.25. The molecule has 0 aromatic heterocycles. The van der Waals surface area contributed by atoms with Crippen LogP contribution in [0.2, 0.25) is 0 Å². The largest absolute Gasteiger partial charge is 0.383 e. The van der Waals surface area contributed by atoms with Crippen LogP contribution in [0.25, 0.3) is 0 Å². The van der Waals surface area contributed by atoms with E-state index in [2.05, 4.69) is 10.6 Å². The van der Waals surface area contributed by atoms with Crippen molar-refractivity contribution in [2.24, 2.45) is 0 Å². The van der Waals surface area contributed by atoms with E-state index in [-0.39, 0.29) is 11.7 Å². The number of hydrogen-bond acceptors (Lipinski definition) is 4. The standard InChI is InChI=1S/C13H20N2O3S/c1-3-10-19(17,18)13-6-4-12(5-7-13)15-9-8-14-11(2)16/h4-7,15H,3,8-10H2,1-2H3,(H,14,16). The molecule has 0 radical (unpaired) electrons. The summed E-state index contributed by atoms with van der Waals surface area (Å²) in [6.07, 6.45) is 0.610. The van der Waals surface area contributed by atoms with Crippen molar-refractivity contribution in [3.63, 3.8) is 0 Å². The molecule has 1 aromatic rings. The fraction of sp³-hybridized carbons (Fsp3) is 0.462. The Balaban J connectivity index is 2.55. The molecule has 1 amide bonds. The van der Waals surface area contributed by atoms with Gasteiger partial charge in [0.25, 0.3) is 0 Å². The molecule has 5 nitrogen and oxygen atoms in total. The fourth-order valence-electron chi connectivity index (χ4n) is 1.61. The molecule has 0 unspecified atom stereocenters. The molecule has 1 rings (SSSR count). The minimum atomic E-state index is -3.15. The minimum Gasteiger partial charge on any atom is -0.383 e. The number of rotatable bonds is 7. The van der Waals surface area contributed by atoms with Crippen LogP contribution >= 0.6 is 0 Å². The van der Waals surface area contributed by atoms with Crippen molar-refractivity contribution in [1.29, 1.82) is 0 Å². The smallest absolute Gasteiger partial charge is 0.216 e. The molecule has 0 bridgehead atoms. The van der Waals surface area contributed by atoms with E-state index in [0.717, 1.165) is 5.69 Å². The van der Waals surface area contributed by atoms with Gasteiger partial charge < -0.3 is 10.6 Å². The highest BCUT2D eigenvalue weighted by atomic mass is 32.2. The highest BCUT2D eigenvalue weighted by Gasteiger charge is 2.12. The monoisotopic (exact) mass is 284 g/mol. The average Bonchev–Trinajstić information content (AvgIpc) is 2.35. The van der Waals surface area contributed by atoms with Crippen molar-refractivity contribution < 1.29 is 13.2 Å². The lowest BCUT2D eigenvalue weighted by Gasteiger charge is -2.08. The first-order valence-corrected chi connectivity index (χ1v) is 7.92. The molecule has 0 saturated carbocycles. The average molecular weight is 284 g/mol. The summed E-state index contributed by atoms with van der Waals surface area (Å²) >= 11 is 0. The van der Waals surface area contributed by atoms with Gasteiger partial charge in [-0.3, -0.25) is 4.79 Å². The lowest BCUT2D eigenvalue weighted by molar-refractivity contribution is -0.118. The zero-order valence-electron chi connectivity index (χ0n) is 11.3. The second-order valence-corrected chi connectivity index (χ2v) is 6.36. The van der Waals surface area contributed by atoms with Crippen LogP contribution in [0.15, 0.2) is 29.2 Å². The zero-order valence-corrected chi connectivity index (χ0v) is 12.1.